The monoisotopic (exact) mass is 400 g/mol. The molecular formula is C14H8S2Se2. The third-order valence-corrected chi connectivity index (χ3v) is 17.6. The summed E-state index contributed by atoms with van der Waals surface area (Å²) in [5.41, 5.74) is 0. The van der Waals surface area contributed by atoms with Crippen LogP contribution in [0, 0.1) is 0 Å². The molecule has 0 fully saturated rings. The minimum atomic E-state index is 0.597. The van der Waals surface area contributed by atoms with Crippen molar-refractivity contribution < 1.29 is 0 Å². The molecule has 0 amide bonds. The van der Waals surface area contributed by atoms with Crippen LogP contribution in [0.5, 0.6) is 0 Å². The number of hydrogen-bond donors (Lipinski definition) is 0. The van der Waals surface area contributed by atoms with Crippen LogP contribution in [0.25, 0.3) is 30.1 Å². The maximum absolute atomic E-state index is 2.42. The van der Waals surface area contributed by atoms with Crippen molar-refractivity contribution >= 4 is 74.2 Å². The zero-order chi connectivity index (χ0) is 11.9. The van der Waals surface area contributed by atoms with Gasteiger partial charge in [0.25, 0.3) is 0 Å². The van der Waals surface area contributed by atoms with Crippen molar-refractivity contribution in [3.05, 3.63) is 48.5 Å². The van der Waals surface area contributed by atoms with E-state index < -0.39 is 0 Å². The molecule has 4 heteroatoms. The van der Waals surface area contributed by atoms with E-state index in [-0.39, 0.29) is 0 Å². The van der Waals surface area contributed by atoms with E-state index in [1.807, 2.05) is 0 Å². The minimum absolute atomic E-state index is 0.597. The molecule has 1 aromatic heterocycles. The molecule has 0 bridgehead atoms. The van der Waals surface area contributed by atoms with E-state index in [1.54, 1.807) is 8.52 Å². The molecule has 18 heavy (non-hydrogen) atoms. The van der Waals surface area contributed by atoms with Gasteiger partial charge in [0.15, 0.2) is 0 Å². The Bertz CT molecular complexity index is 746. The molecule has 88 valence electrons. The average Bonchev–Trinajstić information content (AvgIpc) is 2.42. The maximum atomic E-state index is 2.42. The number of benzene rings is 3. The van der Waals surface area contributed by atoms with Gasteiger partial charge in [-0.3, -0.25) is 0 Å². The number of hydrogen-bond acceptors (Lipinski definition) is 2. The zero-order valence-corrected chi connectivity index (χ0v) is 14.3. The predicted octanol–water partition coefficient (Wildman–Crippen LogP) is 4.51. The van der Waals surface area contributed by atoms with Gasteiger partial charge in [-0.05, 0) is 0 Å². The first-order valence-corrected chi connectivity index (χ1v) is 13.5. The first kappa shape index (κ1) is 11.5. The summed E-state index contributed by atoms with van der Waals surface area (Å²) in [4.78, 5) is 0. The van der Waals surface area contributed by atoms with Crippen molar-refractivity contribution in [1.29, 1.82) is 0 Å². The van der Waals surface area contributed by atoms with Crippen molar-refractivity contribution in [2.75, 3.05) is 0 Å². The molecule has 0 spiro atoms. The van der Waals surface area contributed by atoms with Crippen LogP contribution in [0.1, 0.15) is 0 Å². The fraction of sp³-hybridized carbons (Fsp3) is 0. The van der Waals surface area contributed by atoms with Crippen molar-refractivity contribution in [3.8, 4) is 0 Å². The molecule has 0 saturated carbocycles. The van der Waals surface area contributed by atoms with Crippen molar-refractivity contribution in [2.24, 2.45) is 0 Å². The molecule has 0 aliphatic heterocycles. The molecule has 0 aliphatic carbocycles. The summed E-state index contributed by atoms with van der Waals surface area (Å²) in [6.45, 7) is 0. The molecular weight excluding hydrogens is 390 g/mol. The Morgan fingerprint density at radius 1 is 0.611 bits per heavy atom. The number of rotatable bonds is 0. The van der Waals surface area contributed by atoms with Gasteiger partial charge >= 0.3 is 123 Å². The van der Waals surface area contributed by atoms with Gasteiger partial charge in [-0.2, -0.15) is 0 Å². The normalized spacial score (nSPS) is 11.3. The third kappa shape index (κ3) is 1.94. The zero-order valence-electron chi connectivity index (χ0n) is 9.25. The van der Waals surface area contributed by atoms with Gasteiger partial charge in [-0.15, -0.1) is 0 Å². The van der Waals surface area contributed by atoms with E-state index in [4.69, 9.17) is 0 Å². The summed E-state index contributed by atoms with van der Waals surface area (Å²) in [5, 5.41) is 5.50. The van der Waals surface area contributed by atoms with Crippen molar-refractivity contribution in [2.45, 2.75) is 0 Å². The molecule has 1 heterocycles. The van der Waals surface area contributed by atoms with Crippen LogP contribution in [-0.2, 0) is 0 Å². The molecule has 3 aromatic carbocycles. The molecule has 0 N–H and O–H groups in total. The Morgan fingerprint density at radius 3 is 1.61 bits per heavy atom. The van der Waals surface area contributed by atoms with E-state index in [9.17, 15) is 0 Å². The van der Waals surface area contributed by atoms with Crippen LogP contribution in [0.3, 0.4) is 0 Å². The summed E-state index contributed by atoms with van der Waals surface area (Å²) < 4.78 is 3.21. The van der Waals surface area contributed by atoms with Gasteiger partial charge in [-0.1, -0.05) is 0 Å². The van der Waals surface area contributed by atoms with Crippen LogP contribution in [-0.4, -0.2) is 26.7 Å². The summed E-state index contributed by atoms with van der Waals surface area (Å²) >= 11 is 1.19. The first-order valence-electron chi connectivity index (χ1n) is 5.54. The third-order valence-electron chi connectivity index (χ3n) is 3.04. The van der Waals surface area contributed by atoms with E-state index in [2.05, 4.69) is 66.0 Å². The van der Waals surface area contributed by atoms with E-state index in [0.29, 0.717) is 26.7 Å². The van der Waals surface area contributed by atoms with Crippen LogP contribution < -0.4 is 0 Å². The molecule has 0 saturated heterocycles. The predicted molar refractivity (Wildman–Crippen MR) is 86.2 cm³/mol. The average molecular weight is 398 g/mol. The van der Waals surface area contributed by atoms with Gasteiger partial charge in [-0.25, -0.2) is 0 Å². The van der Waals surface area contributed by atoms with E-state index in [1.165, 1.54) is 21.5 Å². The van der Waals surface area contributed by atoms with E-state index in [0.717, 1.165) is 0 Å². The SMILES string of the molecule is c1ccc2cc3cc4[se]ss[se]c4cc3cc2c1. The Kier molecular flexibility index (Phi) is 2.96. The molecule has 0 atom stereocenters. The Morgan fingerprint density at radius 2 is 1.11 bits per heavy atom. The molecule has 0 nitrogen and oxygen atoms in total. The van der Waals surface area contributed by atoms with Crippen LogP contribution in [0.15, 0.2) is 48.5 Å². The Hall–Kier alpha value is -0.341. The fourth-order valence-electron chi connectivity index (χ4n) is 2.18. The van der Waals surface area contributed by atoms with Gasteiger partial charge in [0.2, 0.25) is 0 Å². The Labute approximate surface area is 122 Å². The summed E-state index contributed by atoms with van der Waals surface area (Å²) in [6.07, 6.45) is 0. The second kappa shape index (κ2) is 4.64. The standard InChI is InChI=1S/C14H8S2Se2/c1-2-4-10-6-12-8-14-13(17-15-16-18-14)7-11(12)5-9(10)3-1/h1-8H. The van der Waals surface area contributed by atoms with Crippen molar-refractivity contribution in [1.82, 2.24) is 0 Å². The Balaban J connectivity index is 2.20. The van der Waals surface area contributed by atoms with Crippen molar-refractivity contribution in [3.63, 3.8) is 0 Å². The van der Waals surface area contributed by atoms with Gasteiger partial charge < -0.3 is 0 Å². The second-order valence-corrected chi connectivity index (χ2v) is 14.7. The fourth-order valence-corrected chi connectivity index (χ4v) is 17.2. The molecule has 0 radical (unpaired) electrons. The van der Waals surface area contributed by atoms with Crippen LogP contribution >= 0.6 is 17.4 Å². The van der Waals surface area contributed by atoms with Crippen LogP contribution in [0.2, 0.25) is 0 Å². The molecule has 0 aliphatic rings. The van der Waals surface area contributed by atoms with Gasteiger partial charge in [0, 0.05) is 0 Å². The molecule has 0 unspecified atom stereocenters. The van der Waals surface area contributed by atoms with E-state index >= 15 is 0 Å². The number of fused-ring (bicyclic) bond motifs is 3. The van der Waals surface area contributed by atoms with Gasteiger partial charge in [0.05, 0.1) is 0 Å². The first-order chi connectivity index (χ1) is 8.90. The molecule has 4 rings (SSSR count). The quantitative estimate of drug-likeness (QED) is 0.232. The topological polar surface area (TPSA) is 0 Å². The summed E-state index contributed by atoms with van der Waals surface area (Å²) in [6, 6.07) is 18.2. The summed E-state index contributed by atoms with van der Waals surface area (Å²) in [7, 11) is 4.11. The van der Waals surface area contributed by atoms with Crippen LogP contribution in [0.4, 0.5) is 0 Å². The summed E-state index contributed by atoms with van der Waals surface area (Å²) in [5.74, 6) is 0. The molecule has 4 aromatic rings. The second-order valence-electron chi connectivity index (χ2n) is 4.15. The van der Waals surface area contributed by atoms with Gasteiger partial charge in [0.1, 0.15) is 0 Å².